The molecule has 2 aromatic rings. The lowest BCUT2D eigenvalue weighted by Crippen LogP contribution is -2.58. The molecular formula is C31H37BrN4O5S. The predicted octanol–water partition coefficient (Wildman–Crippen LogP) is 2.14. The van der Waals surface area contributed by atoms with E-state index in [-0.39, 0.29) is 34.4 Å². The monoisotopic (exact) mass is 656 g/mol. The lowest BCUT2D eigenvalue weighted by atomic mass is 9.70. The molecule has 224 valence electrons. The number of carbonyl (C=O) groups is 3. The standard InChI is InChI=1S/C31H37BrN4O5S/c32-23-18-31-25(24(26(23)42-31)28(38)34-21-9-5-2-6-10-21)30(40)36(22(19-37)17-20-7-3-1-4-8-20)27(31)29(39)33-11-12-35-13-15-41-16-14-35/h1-10,22-27,37H,11-19H2,(H,33,39)(H,34,38)/t22-,23?,24-,25+,26-,27?,31?/m1/s1. The van der Waals surface area contributed by atoms with Crippen molar-refractivity contribution in [2.45, 2.75) is 39.7 Å². The molecule has 3 unspecified atom stereocenters. The SMILES string of the molecule is O=C(NCCN1CCOCC1)C1N([C@@H](CO)Cc2ccccc2)C(=O)[C@@H]2[C@@H](C(=O)Nc3ccccc3)[C@@H]3SC12CC3Br. The van der Waals surface area contributed by atoms with Gasteiger partial charge in [-0.1, -0.05) is 64.5 Å². The number of rotatable bonds is 10. The van der Waals surface area contributed by atoms with Crippen molar-refractivity contribution in [3.05, 3.63) is 66.2 Å². The number of morpholine rings is 1. The van der Waals surface area contributed by atoms with E-state index in [1.807, 2.05) is 60.7 Å². The number of nitrogens with zero attached hydrogens (tertiary/aromatic N) is 2. The minimum absolute atomic E-state index is 0.0247. The Labute approximate surface area is 258 Å². The highest BCUT2D eigenvalue weighted by atomic mass is 79.9. The van der Waals surface area contributed by atoms with E-state index in [2.05, 4.69) is 31.5 Å². The van der Waals surface area contributed by atoms with Gasteiger partial charge in [0.15, 0.2) is 0 Å². The topological polar surface area (TPSA) is 111 Å². The number of thioether (sulfide) groups is 1. The van der Waals surface area contributed by atoms with Crippen LogP contribution in [0.15, 0.2) is 60.7 Å². The summed E-state index contributed by atoms with van der Waals surface area (Å²) in [4.78, 5) is 46.3. The van der Waals surface area contributed by atoms with Crippen molar-refractivity contribution >= 4 is 51.1 Å². The molecule has 4 aliphatic rings. The summed E-state index contributed by atoms with van der Waals surface area (Å²) in [6, 6.07) is 17.6. The molecule has 3 N–H and O–H groups in total. The van der Waals surface area contributed by atoms with Crippen molar-refractivity contribution < 1.29 is 24.2 Å². The minimum Gasteiger partial charge on any atom is -0.394 e. The number of para-hydroxylation sites is 1. The van der Waals surface area contributed by atoms with Crippen LogP contribution in [0.2, 0.25) is 0 Å². The number of ether oxygens (including phenoxy) is 1. The number of halogens is 1. The third kappa shape index (κ3) is 5.50. The molecule has 3 amide bonds. The quantitative estimate of drug-likeness (QED) is 0.336. The van der Waals surface area contributed by atoms with Crippen LogP contribution in [-0.4, -0.2) is 106 Å². The molecule has 42 heavy (non-hydrogen) atoms. The van der Waals surface area contributed by atoms with Crippen LogP contribution in [0, 0.1) is 11.8 Å². The average Bonchev–Trinajstić information content (AvgIpc) is 3.60. The first-order valence-electron chi connectivity index (χ1n) is 14.7. The number of aliphatic hydroxyl groups is 1. The Hall–Kier alpha value is -2.44. The van der Waals surface area contributed by atoms with Gasteiger partial charge in [0.1, 0.15) is 6.04 Å². The van der Waals surface area contributed by atoms with Gasteiger partial charge in [0, 0.05) is 41.9 Å². The summed E-state index contributed by atoms with van der Waals surface area (Å²) in [5.41, 5.74) is 1.64. The first-order valence-corrected chi connectivity index (χ1v) is 16.4. The Balaban J connectivity index is 1.30. The summed E-state index contributed by atoms with van der Waals surface area (Å²) < 4.78 is 4.67. The molecule has 4 aliphatic heterocycles. The highest BCUT2D eigenvalue weighted by Crippen LogP contribution is 2.68. The van der Waals surface area contributed by atoms with E-state index in [0.717, 1.165) is 18.7 Å². The molecule has 2 bridgehead atoms. The van der Waals surface area contributed by atoms with E-state index < -0.39 is 28.7 Å². The molecule has 4 fully saturated rings. The molecule has 0 aliphatic carbocycles. The van der Waals surface area contributed by atoms with Crippen molar-refractivity contribution in [3.63, 3.8) is 0 Å². The zero-order chi connectivity index (χ0) is 29.3. The van der Waals surface area contributed by atoms with Crippen LogP contribution in [-0.2, 0) is 25.5 Å². The number of nitrogens with one attached hydrogen (secondary N) is 2. The van der Waals surface area contributed by atoms with Crippen LogP contribution in [0.3, 0.4) is 0 Å². The van der Waals surface area contributed by atoms with Crippen LogP contribution in [0.4, 0.5) is 5.69 Å². The number of fused-ring (bicyclic) bond motifs is 1. The number of anilines is 1. The fraction of sp³-hybridized carbons (Fsp3) is 0.516. The van der Waals surface area contributed by atoms with Crippen LogP contribution < -0.4 is 10.6 Å². The van der Waals surface area contributed by atoms with Gasteiger partial charge in [-0.2, -0.15) is 0 Å². The highest BCUT2D eigenvalue weighted by molar-refractivity contribution is 9.09. The van der Waals surface area contributed by atoms with Crippen molar-refractivity contribution in [2.75, 3.05) is 51.3 Å². The molecule has 0 saturated carbocycles. The van der Waals surface area contributed by atoms with Crippen LogP contribution in [0.5, 0.6) is 0 Å². The molecule has 0 radical (unpaired) electrons. The first kappa shape index (κ1) is 29.6. The zero-order valence-corrected chi connectivity index (χ0v) is 25.8. The summed E-state index contributed by atoms with van der Waals surface area (Å²) in [7, 11) is 0. The second-order valence-corrected chi connectivity index (χ2v) is 14.3. The maximum atomic E-state index is 14.5. The summed E-state index contributed by atoms with van der Waals surface area (Å²) in [5, 5.41) is 16.6. The average molecular weight is 658 g/mol. The van der Waals surface area contributed by atoms with Gasteiger partial charge in [-0.15, -0.1) is 11.8 Å². The van der Waals surface area contributed by atoms with Crippen molar-refractivity contribution in [1.82, 2.24) is 15.1 Å². The predicted molar refractivity (Wildman–Crippen MR) is 165 cm³/mol. The number of alkyl halides is 1. The largest absolute Gasteiger partial charge is 0.394 e. The van der Waals surface area contributed by atoms with Gasteiger partial charge in [0.2, 0.25) is 17.7 Å². The minimum atomic E-state index is -0.801. The van der Waals surface area contributed by atoms with E-state index in [1.165, 1.54) is 0 Å². The number of hydrogen-bond acceptors (Lipinski definition) is 7. The molecule has 2 aromatic carbocycles. The molecule has 4 heterocycles. The fourth-order valence-electron chi connectivity index (χ4n) is 7.20. The van der Waals surface area contributed by atoms with Gasteiger partial charge in [0.05, 0.1) is 42.4 Å². The molecule has 0 aromatic heterocycles. The second-order valence-electron chi connectivity index (χ2n) is 11.5. The molecule has 1 spiro atoms. The van der Waals surface area contributed by atoms with Gasteiger partial charge in [0.25, 0.3) is 0 Å². The van der Waals surface area contributed by atoms with E-state index in [9.17, 15) is 19.5 Å². The van der Waals surface area contributed by atoms with Crippen molar-refractivity contribution in [2.24, 2.45) is 11.8 Å². The molecule has 11 heteroatoms. The Kier molecular flexibility index (Phi) is 8.93. The molecule has 4 saturated heterocycles. The molecular weight excluding hydrogens is 620 g/mol. The van der Waals surface area contributed by atoms with Gasteiger partial charge in [-0.25, -0.2) is 0 Å². The summed E-state index contributed by atoms with van der Waals surface area (Å²) >= 11 is 5.42. The normalized spacial score (nSPS) is 31.1. The number of carbonyl (C=O) groups excluding carboxylic acids is 3. The number of benzene rings is 2. The van der Waals surface area contributed by atoms with E-state index in [1.54, 1.807) is 16.7 Å². The van der Waals surface area contributed by atoms with Gasteiger partial charge >= 0.3 is 0 Å². The van der Waals surface area contributed by atoms with Crippen LogP contribution >= 0.6 is 27.7 Å². The Morgan fingerprint density at radius 3 is 2.45 bits per heavy atom. The molecule has 9 nitrogen and oxygen atoms in total. The molecule has 7 atom stereocenters. The number of likely N-dealkylation sites (tertiary alicyclic amines) is 1. The van der Waals surface area contributed by atoms with E-state index >= 15 is 0 Å². The van der Waals surface area contributed by atoms with Gasteiger partial charge < -0.3 is 25.4 Å². The second kappa shape index (κ2) is 12.7. The Bertz CT molecular complexity index is 1280. The first-order chi connectivity index (χ1) is 20.4. The van der Waals surface area contributed by atoms with Gasteiger partial charge in [-0.05, 0) is 30.5 Å². The Morgan fingerprint density at radius 2 is 1.76 bits per heavy atom. The summed E-state index contributed by atoms with van der Waals surface area (Å²) in [6.07, 6.45) is 1.01. The lowest BCUT2D eigenvalue weighted by Gasteiger charge is -2.37. The maximum absolute atomic E-state index is 14.5. The summed E-state index contributed by atoms with van der Waals surface area (Å²) in [6.45, 7) is 3.86. The Morgan fingerprint density at radius 1 is 1.07 bits per heavy atom. The van der Waals surface area contributed by atoms with Crippen LogP contribution in [0.25, 0.3) is 0 Å². The zero-order valence-electron chi connectivity index (χ0n) is 23.4. The number of aliphatic hydroxyl groups excluding tert-OH is 1. The van der Waals surface area contributed by atoms with Crippen molar-refractivity contribution in [1.29, 1.82) is 0 Å². The lowest BCUT2D eigenvalue weighted by molar-refractivity contribution is -0.142. The van der Waals surface area contributed by atoms with Crippen molar-refractivity contribution in [3.8, 4) is 0 Å². The van der Waals surface area contributed by atoms with Gasteiger partial charge in [-0.3, -0.25) is 19.3 Å². The number of hydrogen-bond donors (Lipinski definition) is 3. The fourth-order valence-corrected chi connectivity index (χ4v) is 10.8. The summed E-state index contributed by atoms with van der Waals surface area (Å²) in [5.74, 6) is -1.92. The highest BCUT2D eigenvalue weighted by Gasteiger charge is 2.76. The molecule has 6 rings (SSSR count). The van der Waals surface area contributed by atoms with Crippen LogP contribution in [0.1, 0.15) is 12.0 Å². The number of amides is 3. The van der Waals surface area contributed by atoms with E-state index in [0.29, 0.717) is 44.8 Å². The smallest absolute Gasteiger partial charge is 0.244 e. The maximum Gasteiger partial charge on any atom is 0.244 e. The third-order valence-electron chi connectivity index (χ3n) is 9.07. The third-order valence-corrected chi connectivity index (χ3v) is 12.3. The van der Waals surface area contributed by atoms with E-state index in [4.69, 9.17) is 4.74 Å².